The lowest BCUT2D eigenvalue weighted by molar-refractivity contribution is 0.219. The number of hydrogen-bond donors (Lipinski definition) is 1. The van der Waals surface area contributed by atoms with E-state index in [0.29, 0.717) is 6.04 Å². The lowest BCUT2D eigenvalue weighted by Crippen LogP contribution is -2.42. The molecule has 0 radical (unpaired) electrons. The summed E-state index contributed by atoms with van der Waals surface area (Å²) in [6.45, 7) is 6.77. The van der Waals surface area contributed by atoms with Crippen LogP contribution in [0.3, 0.4) is 0 Å². The van der Waals surface area contributed by atoms with E-state index < -0.39 is 0 Å². The van der Waals surface area contributed by atoms with Crippen molar-refractivity contribution in [2.75, 3.05) is 20.1 Å². The summed E-state index contributed by atoms with van der Waals surface area (Å²) in [6, 6.07) is 0.397. The quantitative estimate of drug-likeness (QED) is 0.758. The van der Waals surface area contributed by atoms with Crippen LogP contribution in [0.5, 0.6) is 0 Å². The zero-order valence-electron chi connectivity index (χ0n) is 10.7. The molecule has 1 saturated carbocycles. The maximum atomic E-state index is 6.28. The average molecular weight is 212 g/mol. The van der Waals surface area contributed by atoms with E-state index in [1.54, 1.807) is 0 Å². The molecular formula is C13H28N2. The predicted octanol–water partition coefficient (Wildman–Crippen LogP) is 2.48. The van der Waals surface area contributed by atoms with Gasteiger partial charge in [0.15, 0.2) is 0 Å². The fourth-order valence-corrected chi connectivity index (χ4v) is 2.77. The van der Waals surface area contributed by atoms with E-state index in [1.807, 2.05) is 0 Å². The number of nitrogens with zero attached hydrogens (tertiary/aromatic N) is 1. The van der Waals surface area contributed by atoms with Crippen molar-refractivity contribution in [2.24, 2.45) is 17.6 Å². The SMILES string of the molecule is CC(C)CN(C)CC(N)C1CCCCC1. The van der Waals surface area contributed by atoms with E-state index in [1.165, 1.54) is 38.6 Å². The van der Waals surface area contributed by atoms with Crippen LogP contribution < -0.4 is 5.73 Å². The molecule has 2 nitrogen and oxygen atoms in total. The summed E-state index contributed by atoms with van der Waals surface area (Å²) in [7, 11) is 2.20. The standard InChI is InChI=1S/C13H28N2/c1-11(2)9-15(3)10-13(14)12-7-5-4-6-8-12/h11-13H,4-10,14H2,1-3H3. The first-order valence-corrected chi connectivity index (χ1v) is 6.53. The maximum absolute atomic E-state index is 6.28. The van der Waals surface area contributed by atoms with Gasteiger partial charge in [0.2, 0.25) is 0 Å². The van der Waals surface area contributed by atoms with Gasteiger partial charge >= 0.3 is 0 Å². The Kier molecular flexibility index (Phi) is 5.62. The van der Waals surface area contributed by atoms with Crippen LogP contribution in [-0.2, 0) is 0 Å². The van der Waals surface area contributed by atoms with Gasteiger partial charge < -0.3 is 10.6 Å². The van der Waals surface area contributed by atoms with Gasteiger partial charge in [0.25, 0.3) is 0 Å². The Morgan fingerprint density at radius 1 is 1.13 bits per heavy atom. The van der Waals surface area contributed by atoms with Crippen molar-refractivity contribution in [3.8, 4) is 0 Å². The summed E-state index contributed by atoms with van der Waals surface area (Å²) in [5, 5.41) is 0. The van der Waals surface area contributed by atoms with Gasteiger partial charge in [0, 0.05) is 19.1 Å². The zero-order valence-corrected chi connectivity index (χ0v) is 10.7. The van der Waals surface area contributed by atoms with Crippen molar-refractivity contribution in [1.82, 2.24) is 4.90 Å². The van der Waals surface area contributed by atoms with Gasteiger partial charge in [-0.3, -0.25) is 0 Å². The number of hydrogen-bond acceptors (Lipinski definition) is 2. The normalized spacial score (nSPS) is 21.2. The molecule has 0 amide bonds. The van der Waals surface area contributed by atoms with Gasteiger partial charge in [0.05, 0.1) is 0 Å². The zero-order chi connectivity index (χ0) is 11.3. The van der Waals surface area contributed by atoms with Crippen LogP contribution in [0.1, 0.15) is 46.0 Å². The fraction of sp³-hybridized carbons (Fsp3) is 1.00. The molecule has 1 unspecified atom stereocenters. The van der Waals surface area contributed by atoms with Crippen LogP contribution in [0.2, 0.25) is 0 Å². The van der Waals surface area contributed by atoms with Crippen LogP contribution in [0.4, 0.5) is 0 Å². The molecule has 1 aliphatic rings. The molecule has 2 N–H and O–H groups in total. The third kappa shape index (κ3) is 4.98. The third-order valence-corrected chi connectivity index (χ3v) is 3.45. The second-order valence-electron chi connectivity index (χ2n) is 5.68. The van der Waals surface area contributed by atoms with Gasteiger partial charge in [-0.05, 0) is 31.7 Å². The summed E-state index contributed by atoms with van der Waals surface area (Å²) in [5.41, 5.74) is 6.28. The number of rotatable bonds is 5. The monoisotopic (exact) mass is 212 g/mol. The second-order valence-corrected chi connectivity index (χ2v) is 5.68. The summed E-state index contributed by atoms with van der Waals surface area (Å²) < 4.78 is 0. The Labute approximate surface area is 95.2 Å². The molecule has 1 rings (SSSR count). The first-order chi connectivity index (χ1) is 7.09. The highest BCUT2D eigenvalue weighted by Crippen LogP contribution is 2.25. The molecule has 1 atom stereocenters. The van der Waals surface area contributed by atoms with Gasteiger partial charge in [-0.1, -0.05) is 33.1 Å². The van der Waals surface area contributed by atoms with Crippen molar-refractivity contribution in [1.29, 1.82) is 0 Å². The maximum Gasteiger partial charge on any atom is 0.0196 e. The van der Waals surface area contributed by atoms with E-state index in [9.17, 15) is 0 Å². The highest BCUT2D eigenvalue weighted by Gasteiger charge is 2.21. The number of likely N-dealkylation sites (N-methyl/N-ethyl adjacent to an activating group) is 1. The topological polar surface area (TPSA) is 29.3 Å². The summed E-state index contributed by atoms with van der Waals surface area (Å²) in [4.78, 5) is 2.39. The van der Waals surface area contributed by atoms with Crippen molar-refractivity contribution in [2.45, 2.75) is 52.0 Å². The summed E-state index contributed by atoms with van der Waals surface area (Å²) in [5.74, 6) is 1.53. The van der Waals surface area contributed by atoms with Crippen LogP contribution in [0, 0.1) is 11.8 Å². The van der Waals surface area contributed by atoms with E-state index >= 15 is 0 Å². The van der Waals surface area contributed by atoms with Crippen LogP contribution in [-0.4, -0.2) is 31.1 Å². The molecule has 0 aliphatic heterocycles. The second kappa shape index (κ2) is 6.49. The Morgan fingerprint density at radius 2 is 1.73 bits per heavy atom. The van der Waals surface area contributed by atoms with Gasteiger partial charge in [-0.2, -0.15) is 0 Å². The Hall–Kier alpha value is -0.0800. The number of nitrogens with two attached hydrogens (primary N) is 1. The van der Waals surface area contributed by atoms with E-state index in [0.717, 1.165) is 18.4 Å². The summed E-state index contributed by atoms with van der Waals surface area (Å²) in [6.07, 6.45) is 6.93. The van der Waals surface area contributed by atoms with Crippen molar-refractivity contribution < 1.29 is 0 Å². The minimum atomic E-state index is 0.397. The smallest absolute Gasteiger partial charge is 0.0196 e. The molecule has 0 aromatic carbocycles. The molecular weight excluding hydrogens is 184 g/mol. The van der Waals surface area contributed by atoms with Crippen molar-refractivity contribution >= 4 is 0 Å². The molecule has 0 spiro atoms. The van der Waals surface area contributed by atoms with Crippen molar-refractivity contribution in [3.05, 3.63) is 0 Å². The largest absolute Gasteiger partial charge is 0.326 e. The Morgan fingerprint density at radius 3 is 2.27 bits per heavy atom. The summed E-state index contributed by atoms with van der Waals surface area (Å²) >= 11 is 0. The highest BCUT2D eigenvalue weighted by molar-refractivity contribution is 4.78. The average Bonchev–Trinajstić information content (AvgIpc) is 2.17. The van der Waals surface area contributed by atoms with Gasteiger partial charge in [0.1, 0.15) is 0 Å². The van der Waals surface area contributed by atoms with Crippen molar-refractivity contribution in [3.63, 3.8) is 0 Å². The molecule has 90 valence electrons. The first-order valence-electron chi connectivity index (χ1n) is 6.53. The van der Waals surface area contributed by atoms with E-state index in [-0.39, 0.29) is 0 Å². The van der Waals surface area contributed by atoms with E-state index in [4.69, 9.17) is 5.73 Å². The van der Waals surface area contributed by atoms with Crippen LogP contribution in [0.25, 0.3) is 0 Å². The predicted molar refractivity (Wildman–Crippen MR) is 66.9 cm³/mol. The molecule has 0 aromatic rings. The molecule has 0 bridgehead atoms. The fourth-order valence-electron chi connectivity index (χ4n) is 2.77. The van der Waals surface area contributed by atoms with E-state index in [2.05, 4.69) is 25.8 Å². The minimum Gasteiger partial charge on any atom is -0.326 e. The van der Waals surface area contributed by atoms with Gasteiger partial charge in [-0.25, -0.2) is 0 Å². The molecule has 15 heavy (non-hydrogen) atoms. The molecule has 2 heteroatoms. The lowest BCUT2D eigenvalue weighted by Gasteiger charge is -2.31. The molecule has 1 aliphatic carbocycles. The molecule has 0 aromatic heterocycles. The molecule has 1 fully saturated rings. The third-order valence-electron chi connectivity index (χ3n) is 3.45. The first kappa shape index (κ1) is 13.0. The Balaban J connectivity index is 2.23. The lowest BCUT2D eigenvalue weighted by atomic mass is 9.84. The minimum absolute atomic E-state index is 0.397. The van der Waals surface area contributed by atoms with Crippen LogP contribution in [0.15, 0.2) is 0 Å². The highest BCUT2D eigenvalue weighted by atomic mass is 15.1. The molecule has 0 heterocycles. The Bertz CT molecular complexity index is 162. The van der Waals surface area contributed by atoms with Gasteiger partial charge in [-0.15, -0.1) is 0 Å². The van der Waals surface area contributed by atoms with Crippen LogP contribution >= 0.6 is 0 Å². The molecule has 0 saturated heterocycles.